The second-order valence-corrected chi connectivity index (χ2v) is 7.09. The van der Waals surface area contributed by atoms with E-state index in [2.05, 4.69) is 20.6 Å². The molecule has 1 aromatic carbocycles. The summed E-state index contributed by atoms with van der Waals surface area (Å²) in [5.74, 6) is 0.0292. The molecule has 0 aliphatic heterocycles. The van der Waals surface area contributed by atoms with E-state index in [0.717, 1.165) is 10.6 Å². The van der Waals surface area contributed by atoms with E-state index in [-0.39, 0.29) is 17.8 Å². The first-order chi connectivity index (χ1) is 12.8. The van der Waals surface area contributed by atoms with Crippen molar-refractivity contribution in [2.75, 3.05) is 13.7 Å². The number of thiazole rings is 1. The van der Waals surface area contributed by atoms with Gasteiger partial charge in [0.25, 0.3) is 0 Å². The molecule has 1 atom stereocenters. The average molecular weight is 393 g/mol. The van der Waals surface area contributed by atoms with Gasteiger partial charge in [-0.1, -0.05) is 12.1 Å². The molecule has 0 saturated carbocycles. The van der Waals surface area contributed by atoms with Crippen molar-refractivity contribution in [3.8, 4) is 0 Å². The van der Waals surface area contributed by atoms with Crippen LogP contribution in [0.2, 0.25) is 0 Å². The third-order valence-corrected chi connectivity index (χ3v) is 5.22. The lowest BCUT2D eigenvalue weighted by Crippen LogP contribution is -2.38. The van der Waals surface area contributed by atoms with Crippen LogP contribution in [0.15, 0.2) is 23.2 Å². The van der Waals surface area contributed by atoms with Crippen LogP contribution >= 0.6 is 11.3 Å². The summed E-state index contributed by atoms with van der Waals surface area (Å²) in [6.07, 6.45) is 0. The average Bonchev–Trinajstić information content (AvgIpc) is 3.03. The van der Waals surface area contributed by atoms with Gasteiger partial charge in [0.15, 0.2) is 5.96 Å². The van der Waals surface area contributed by atoms with Gasteiger partial charge in [-0.05, 0) is 44.9 Å². The second kappa shape index (κ2) is 9.45. The van der Waals surface area contributed by atoms with Crippen LogP contribution in [0.5, 0.6) is 0 Å². The SMILES string of the molecule is CCOC(=O)c1sc(C(C)NC(=NC)NCc2ccc(F)c(C)c2)nc1C. The van der Waals surface area contributed by atoms with Crippen LogP contribution in [-0.4, -0.2) is 30.6 Å². The van der Waals surface area contributed by atoms with Crippen LogP contribution in [0.4, 0.5) is 4.39 Å². The molecule has 0 amide bonds. The number of halogens is 1. The molecule has 27 heavy (non-hydrogen) atoms. The summed E-state index contributed by atoms with van der Waals surface area (Å²) in [7, 11) is 1.68. The third kappa shape index (κ3) is 5.50. The van der Waals surface area contributed by atoms with Crippen molar-refractivity contribution in [2.24, 2.45) is 4.99 Å². The zero-order chi connectivity index (χ0) is 20.0. The predicted octanol–water partition coefficient (Wildman–Crippen LogP) is 3.50. The normalized spacial score (nSPS) is 12.6. The second-order valence-electron chi connectivity index (χ2n) is 6.06. The Bertz CT molecular complexity index is 835. The van der Waals surface area contributed by atoms with Gasteiger partial charge in [-0.25, -0.2) is 14.2 Å². The highest BCUT2D eigenvalue weighted by molar-refractivity contribution is 7.13. The van der Waals surface area contributed by atoms with Crippen LogP contribution in [0, 0.1) is 19.7 Å². The fourth-order valence-electron chi connectivity index (χ4n) is 2.45. The van der Waals surface area contributed by atoms with Crippen molar-refractivity contribution in [1.29, 1.82) is 0 Å². The number of aryl methyl sites for hydroxylation is 2. The van der Waals surface area contributed by atoms with Crippen LogP contribution in [0.1, 0.15) is 51.4 Å². The van der Waals surface area contributed by atoms with Gasteiger partial charge in [0.05, 0.1) is 18.3 Å². The molecular formula is C19H25FN4O2S. The Morgan fingerprint density at radius 2 is 2.15 bits per heavy atom. The Balaban J connectivity index is 2.00. The van der Waals surface area contributed by atoms with E-state index in [9.17, 15) is 9.18 Å². The summed E-state index contributed by atoms with van der Waals surface area (Å²) >= 11 is 1.31. The van der Waals surface area contributed by atoms with E-state index in [1.807, 2.05) is 6.92 Å². The molecule has 0 bridgehead atoms. The number of carbonyl (C=O) groups is 1. The molecular weight excluding hydrogens is 367 g/mol. The first-order valence-electron chi connectivity index (χ1n) is 8.72. The maximum atomic E-state index is 13.4. The van der Waals surface area contributed by atoms with E-state index < -0.39 is 0 Å². The maximum Gasteiger partial charge on any atom is 0.350 e. The van der Waals surface area contributed by atoms with Crippen molar-refractivity contribution < 1.29 is 13.9 Å². The minimum Gasteiger partial charge on any atom is -0.462 e. The number of guanidine groups is 1. The quantitative estimate of drug-likeness (QED) is 0.447. The van der Waals surface area contributed by atoms with Gasteiger partial charge in [0.2, 0.25) is 0 Å². The first-order valence-corrected chi connectivity index (χ1v) is 9.54. The monoisotopic (exact) mass is 392 g/mol. The van der Waals surface area contributed by atoms with Crippen molar-refractivity contribution in [2.45, 2.75) is 40.3 Å². The number of benzene rings is 1. The highest BCUT2D eigenvalue weighted by Gasteiger charge is 2.20. The minimum atomic E-state index is -0.347. The fourth-order valence-corrected chi connectivity index (χ4v) is 3.42. The van der Waals surface area contributed by atoms with E-state index in [4.69, 9.17) is 4.74 Å². The topological polar surface area (TPSA) is 75.6 Å². The molecule has 2 N–H and O–H groups in total. The maximum absolute atomic E-state index is 13.4. The Kier molecular flexibility index (Phi) is 7.29. The Hall–Kier alpha value is -2.48. The van der Waals surface area contributed by atoms with Crippen LogP contribution in [-0.2, 0) is 11.3 Å². The summed E-state index contributed by atoms with van der Waals surface area (Å²) in [5, 5.41) is 7.22. The molecule has 0 fully saturated rings. The molecule has 2 rings (SSSR count). The summed E-state index contributed by atoms with van der Waals surface area (Å²) in [5.41, 5.74) is 2.22. The number of esters is 1. The molecule has 0 radical (unpaired) electrons. The van der Waals surface area contributed by atoms with Gasteiger partial charge in [0, 0.05) is 13.6 Å². The zero-order valence-electron chi connectivity index (χ0n) is 16.2. The molecule has 0 spiro atoms. The fraction of sp³-hybridized carbons (Fsp3) is 0.421. The number of aromatic nitrogens is 1. The molecule has 146 valence electrons. The molecule has 6 nitrogen and oxygen atoms in total. The van der Waals surface area contributed by atoms with Gasteiger partial charge in [-0.15, -0.1) is 11.3 Å². The number of nitrogens with one attached hydrogen (secondary N) is 2. The van der Waals surface area contributed by atoms with Gasteiger partial charge in [0.1, 0.15) is 15.7 Å². The number of carbonyl (C=O) groups excluding carboxylic acids is 1. The summed E-state index contributed by atoms with van der Waals surface area (Å²) in [6, 6.07) is 4.86. The predicted molar refractivity (Wildman–Crippen MR) is 106 cm³/mol. The molecule has 0 aliphatic carbocycles. The molecule has 1 unspecified atom stereocenters. The van der Waals surface area contributed by atoms with Crippen molar-refractivity contribution in [3.63, 3.8) is 0 Å². The van der Waals surface area contributed by atoms with E-state index in [0.29, 0.717) is 35.2 Å². The van der Waals surface area contributed by atoms with Crippen LogP contribution < -0.4 is 10.6 Å². The lowest BCUT2D eigenvalue weighted by Gasteiger charge is -2.16. The Morgan fingerprint density at radius 3 is 2.78 bits per heavy atom. The number of hydrogen-bond donors (Lipinski definition) is 2. The number of nitrogens with zero attached hydrogens (tertiary/aromatic N) is 2. The summed E-state index contributed by atoms with van der Waals surface area (Å²) in [6.45, 7) is 8.10. The Labute approximate surface area is 162 Å². The molecule has 1 aromatic heterocycles. The summed E-state index contributed by atoms with van der Waals surface area (Å²) < 4.78 is 18.4. The largest absolute Gasteiger partial charge is 0.462 e. The van der Waals surface area contributed by atoms with Crippen LogP contribution in [0.3, 0.4) is 0 Å². The highest BCUT2D eigenvalue weighted by atomic mass is 32.1. The van der Waals surface area contributed by atoms with Crippen molar-refractivity contribution in [3.05, 3.63) is 50.7 Å². The van der Waals surface area contributed by atoms with Crippen LogP contribution in [0.25, 0.3) is 0 Å². The number of aliphatic imine (C=N–C) groups is 1. The zero-order valence-corrected chi connectivity index (χ0v) is 17.0. The number of ether oxygens (including phenoxy) is 1. The van der Waals surface area contributed by atoms with E-state index >= 15 is 0 Å². The van der Waals surface area contributed by atoms with Gasteiger partial charge < -0.3 is 15.4 Å². The minimum absolute atomic E-state index is 0.141. The van der Waals surface area contributed by atoms with E-state index in [1.165, 1.54) is 17.4 Å². The lowest BCUT2D eigenvalue weighted by atomic mass is 10.1. The number of hydrogen-bond acceptors (Lipinski definition) is 5. The molecule has 2 aromatic rings. The summed E-state index contributed by atoms with van der Waals surface area (Å²) in [4.78, 5) is 21.2. The Morgan fingerprint density at radius 1 is 1.41 bits per heavy atom. The first kappa shape index (κ1) is 20.8. The van der Waals surface area contributed by atoms with Crippen molar-refractivity contribution in [1.82, 2.24) is 15.6 Å². The smallest absolute Gasteiger partial charge is 0.350 e. The molecule has 0 aliphatic rings. The molecule has 8 heteroatoms. The lowest BCUT2D eigenvalue weighted by molar-refractivity contribution is 0.0531. The van der Waals surface area contributed by atoms with Crippen molar-refractivity contribution >= 4 is 23.3 Å². The number of rotatable bonds is 6. The van der Waals surface area contributed by atoms with E-state index in [1.54, 1.807) is 40.0 Å². The van der Waals surface area contributed by atoms with Gasteiger partial charge in [-0.3, -0.25) is 4.99 Å². The standard InChI is InChI=1S/C19H25FN4O2S/c1-6-26-18(25)16-12(3)23-17(27-16)13(4)24-19(21-5)22-10-14-7-8-15(20)11(2)9-14/h7-9,13H,6,10H2,1-5H3,(H2,21,22,24). The van der Waals surface area contributed by atoms with Gasteiger partial charge in [-0.2, -0.15) is 0 Å². The third-order valence-electron chi connectivity index (χ3n) is 3.90. The molecule has 0 saturated heterocycles. The molecule has 1 heterocycles. The highest BCUT2D eigenvalue weighted by Crippen LogP contribution is 2.24. The van der Waals surface area contributed by atoms with Gasteiger partial charge >= 0.3 is 5.97 Å².